The highest BCUT2D eigenvalue weighted by atomic mass is 16.2. The Balaban J connectivity index is 1.85. The lowest BCUT2D eigenvalue weighted by Gasteiger charge is -2.34. The molecule has 1 aliphatic rings. The molecule has 2 heterocycles. The predicted octanol–water partition coefficient (Wildman–Crippen LogP) is 2.18. The van der Waals surface area contributed by atoms with Gasteiger partial charge in [-0.15, -0.1) is 0 Å². The molecule has 1 aromatic heterocycles. The number of aryl methyl sites for hydroxylation is 1. The van der Waals surface area contributed by atoms with E-state index in [2.05, 4.69) is 4.57 Å². The average Bonchev–Trinajstić information content (AvgIpc) is 2.85. The van der Waals surface area contributed by atoms with Crippen molar-refractivity contribution in [3.8, 4) is 0 Å². The molecule has 122 valence electrons. The third-order valence-electron chi connectivity index (χ3n) is 4.84. The summed E-state index contributed by atoms with van der Waals surface area (Å²) in [5.41, 5.74) is 2.86. The molecule has 0 N–H and O–H groups in total. The quantitative estimate of drug-likeness (QED) is 0.853. The van der Waals surface area contributed by atoms with E-state index in [9.17, 15) is 9.59 Å². The van der Waals surface area contributed by atoms with Crippen LogP contribution in [0.25, 0.3) is 10.9 Å². The number of benzene rings is 1. The van der Waals surface area contributed by atoms with E-state index < -0.39 is 0 Å². The molecule has 0 atom stereocenters. The summed E-state index contributed by atoms with van der Waals surface area (Å²) in [5.74, 6) is 0.237. The summed E-state index contributed by atoms with van der Waals surface area (Å²) in [6.07, 6.45) is 0.524. The first-order chi connectivity index (χ1) is 11.0. The van der Waals surface area contributed by atoms with Gasteiger partial charge in [-0.05, 0) is 13.0 Å². The Morgan fingerprint density at radius 2 is 1.65 bits per heavy atom. The zero-order chi connectivity index (χ0) is 16.6. The minimum atomic E-state index is 0.0721. The Kier molecular flexibility index (Phi) is 4.11. The zero-order valence-electron chi connectivity index (χ0n) is 14.0. The number of nitrogens with zero attached hydrogens (tertiary/aromatic N) is 3. The molecule has 0 aliphatic carbocycles. The van der Waals surface area contributed by atoms with Crippen molar-refractivity contribution >= 4 is 22.7 Å². The number of hydrogen-bond acceptors (Lipinski definition) is 2. The number of aromatic nitrogens is 1. The molecule has 23 heavy (non-hydrogen) atoms. The Morgan fingerprint density at radius 3 is 2.30 bits per heavy atom. The van der Waals surface area contributed by atoms with Gasteiger partial charge < -0.3 is 14.4 Å². The van der Waals surface area contributed by atoms with Crippen LogP contribution in [0.5, 0.6) is 0 Å². The predicted molar refractivity (Wildman–Crippen MR) is 90.4 cm³/mol. The fourth-order valence-corrected chi connectivity index (χ4v) is 3.33. The minimum absolute atomic E-state index is 0.0721. The van der Waals surface area contributed by atoms with E-state index in [1.165, 1.54) is 0 Å². The fourth-order valence-electron chi connectivity index (χ4n) is 3.33. The molecular formula is C18H23N3O2. The third-order valence-corrected chi connectivity index (χ3v) is 4.84. The van der Waals surface area contributed by atoms with Crippen molar-refractivity contribution in [2.24, 2.45) is 7.05 Å². The van der Waals surface area contributed by atoms with Crippen molar-refractivity contribution in [1.29, 1.82) is 0 Å². The maximum absolute atomic E-state index is 13.0. The SMILES string of the molecule is CCC(=O)N1CCN(C(=O)c2c(C)n(C)c3ccccc23)CC1. The van der Waals surface area contributed by atoms with Crippen LogP contribution in [0.1, 0.15) is 29.4 Å². The van der Waals surface area contributed by atoms with Gasteiger partial charge in [0.25, 0.3) is 5.91 Å². The molecule has 1 saturated heterocycles. The van der Waals surface area contributed by atoms with Gasteiger partial charge in [0.15, 0.2) is 0 Å². The molecule has 1 aromatic carbocycles. The number of piperazine rings is 1. The molecule has 5 heteroatoms. The maximum atomic E-state index is 13.0. The molecule has 1 aliphatic heterocycles. The van der Waals surface area contributed by atoms with Crippen LogP contribution >= 0.6 is 0 Å². The molecule has 5 nitrogen and oxygen atoms in total. The second-order valence-electron chi connectivity index (χ2n) is 6.06. The molecule has 0 radical (unpaired) electrons. The molecule has 1 fully saturated rings. The maximum Gasteiger partial charge on any atom is 0.256 e. The topological polar surface area (TPSA) is 45.6 Å². The van der Waals surface area contributed by atoms with Gasteiger partial charge in [-0.25, -0.2) is 0 Å². The highest BCUT2D eigenvalue weighted by Crippen LogP contribution is 2.26. The van der Waals surface area contributed by atoms with E-state index >= 15 is 0 Å². The number of hydrogen-bond donors (Lipinski definition) is 0. The smallest absolute Gasteiger partial charge is 0.256 e. The highest BCUT2D eigenvalue weighted by Gasteiger charge is 2.27. The summed E-state index contributed by atoms with van der Waals surface area (Å²) in [6, 6.07) is 8.00. The number of amides is 2. The van der Waals surface area contributed by atoms with Crippen molar-refractivity contribution in [3.63, 3.8) is 0 Å². The van der Waals surface area contributed by atoms with E-state index in [0.29, 0.717) is 32.6 Å². The van der Waals surface area contributed by atoms with E-state index in [1.807, 2.05) is 55.0 Å². The number of rotatable bonds is 2. The Morgan fingerprint density at radius 1 is 1.04 bits per heavy atom. The Bertz CT molecular complexity index is 755. The van der Waals surface area contributed by atoms with E-state index in [4.69, 9.17) is 0 Å². The van der Waals surface area contributed by atoms with E-state index in [-0.39, 0.29) is 11.8 Å². The molecule has 0 saturated carbocycles. The average molecular weight is 313 g/mol. The lowest BCUT2D eigenvalue weighted by atomic mass is 10.1. The Labute approximate surface area is 136 Å². The van der Waals surface area contributed by atoms with Crippen molar-refractivity contribution in [1.82, 2.24) is 14.4 Å². The molecule has 2 aromatic rings. The summed E-state index contributed by atoms with van der Waals surface area (Å²) in [6.45, 7) is 6.33. The standard InChI is InChI=1S/C18H23N3O2/c1-4-16(22)20-9-11-21(12-10-20)18(23)17-13(2)19(3)15-8-6-5-7-14(15)17/h5-8H,4,9-12H2,1-3H3. The van der Waals surface area contributed by atoms with Crippen LogP contribution in [0.4, 0.5) is 0 Å². The van der Waals surface area contributed by atoms with Gasteiger partial charge in [-0.3, -0.25) is 9.59 Å². The van der Waals surface area contributed by atoms with Crippen LogP contribution in [-0.2, 0) is 11.8 Å². The van der Waals surface area contributed by atoms with Gasteiger partial charge in [-0.1, -0.05) is 25.1 Å². The van der Waals surface area contributed by atoms with E-state index in [0.717, 1.165) is 22.2 Å². The lowest BCUT2D eigenvalue weighted by molar-refractivity contribution is -0.132. The summed E-state index contributed by atoms with van der Waals surface area (Å²) in [7, 11) is 1.99. The second kappa shape index (κ2) is 6.07. The van der Waals surface area contributed by atoms with Crippen LogP contribution in [0.15, 0.2) is 24.3 Å². The number of carbonyl (C=O) groups excluding carboxylic acids is 2. The van der Waals surface area contributed by atoms with Crippen molar-refractivity contribution in [2.45, 2.75) is 20.3 Å². The largest absolute Gasteiger partial charge is 0.347 e. The van der Waals surface area contributed by atoms with Crippen LogP contribution in [0.3, 0.4) is 0 Å². The molecule has 0 unspecified atom stereocenters. The summed E-state index contributed by atoms with van der Waals surface area (Å²) < 4.78 is 2.07. The van der Waals surface area contributed by atoms with Gasteiger partial charge >= 0.3 is 0 Å². The third kappa shape index (κ3) is 2.60. The van der Waals surface area contributed by atoms with Crippen molar-refractivity contribution < 1.29 is 9.59 Å². The van der Waals surface area contributed by atoms with Gasteiger partial charge in [0.05, 0.1) is 5.56 Å². The first-order valence-corrected chi connectivity index (χ1v) is 8.15. The van der Waals surface area contributed by atoms with Gasteiger partial charge in [-0.2, -0.15) is 0 Å². The molecule has 3 rings (SSSR count). The van der Waals surface area contributed by atoms with Crippen LogP contribution in [0.2, 0.25) is 0 Å². The second-order valence-corrected chi connectivity index (χ2v) is 6.06. The zero-order valence-corrected chi connectivity index (χ0v) is 14.0. The van der Waals surface area contributed by atoms with Crippen molar-refractivity contribution in [3.05, 3.63) is 35.5 Å². The molecule has 0 spiro atoms. The van der Waals surface area contributed by atoms with Gasteiger partial charge in [0, 0.05) is 56.2 Å². The molecule has 0 bridgehead atoms. The molecule has 2 amide bonds. The highest BCUT2D eigenvalue weighted by molar-refractivity contribution is 6.08. The number of para-hydroxylation sites is 1. The number of carbonyl (C=O) groups is 2. The lowest BCUT2D eigenvalue weighted by Crippen LogP contribution is -2.50. The van der Waals surface area contributed by atoms with Crippen molar-refractivity contribution in [2.75, 3.05) is 26.2 Å². The fraction of sp³-hybridized carbons (Fsp3) is 0.444. The van der Waals surface area contributed by atoms with E-state index in [1.54, 1.807) is 0 Å². The summed E-state index contributed by atoms with van der Waals surface area (Å²) in [5, 5.41) is 1.00. The first kappa shape index (κ1) is 15.6. The van der Waals surface area contributed by atoms with Crippen LogP contribution in [0, 0.1) is 6.92 Å². The van der Waals surface area contributed by atoms with Gasteiger partial charge in [0.2, 0.25) is 5.91 Å². The minimum Gasteiger partial charge on any atom is -0.347 e. The monoisotopic (exact) mass is 313 g/mol. The molecular weight excluding hydrogens is 290 g/mol. The normalized spacial score (nSPS) is 15.3. The summed E-state index contributed by atoms with van der Waals surface area (Å²) in [4.78, 5) is 28.5. The van der Waals surface area contributed by atoms with Crippen LogP contribution < -0.4 is 0 Å². The van der Waals surface area contributed by atoms with Gasteiger partial charge in [0.1, 0.15) is 0 Å². The number of fused-ring (bicyclic) bond motifs is 1. The summed E-state index contributed by atoms with van der Waals surface area (Å²) >= 11 is 0. The Hall–Kier alpha value is -2.30. The van der Waals surface area contributed by atoms with Crippen LogP contribution in [-0.4, -0.2) is 52.4 Å². The first-order valence-electron chi connectivity index (χ1n) is 8.15.